The highest BCUT2D eigenvalue weighted by Gasteiger charge is 2.25. The van der Waals surface area contributed by atoms with Crippen LogP contribution in [0.15, 0.2) is 24.3 Å². The summed E-state index contributed by atoms with van der Waals surface area (Å²) in [5, 5.41) is 6.13. The van der Waals surface area contributed by atoms with Crippen LogP contribution in [0.25, 0.3) is 0 Å². The van der Waals surface area contributed by atoms with Crippen molar-refractivity contribution in [2.24, 2.45) is 5.92 Å². The quantitative estimate of drug-likeness (QED) is 0.857. The summed E-state index contributed by atoms with van der Waals surface area (Å²) < 4.78 is 0. The van der Waals surface area contributed by atoms with E-state index >= 15 is 0 Å². The lowest BCUT2D eigenvalue weighted by Gasteiger charge is -2.21. The van der Waals surface area contributed by atoms with Crippen LogP contribution in [0.3, 0.4) is 0 Å². The van der Waals surface area contributed by atoms with Gasteiger partial charge in [-0.1, -0.05) is 37.6 Å². The number of amides is 2. The minimum atomic E-state index is -0.0468. The Morgan fingerprint density at radius 1 is 1.32 bits per heavy atom. The molecule has 0 saturated heterocycles. The maximum atomic E-state index is 12.0. The van der Waals surface area contributed by atoms with E-state index in [-0.39, 0.29) is 12.1 Å². The van der Waals surface area contributed by atoms with Crippen LogP contribution in [-0.2, 0) is 0 Å². The second-order valence-corrected chi connectivity index (χ2v) is 5.71. The molecule has 1 aromatic carbocycles. The van der Waals surface area contributed by atoms with Gasteiger partial charge in [-0.25, -0.2) is 4.79 Å². The minimum Gasteiger partial charge on any atom is -0.335 e. The third kappa shape index (κ3) is 3.49. The number of benzene rings is 1. The Labute approximate surface area is 115 Å². The zero-order valence-electron chi connectivity index (χ0n) is 12.1. The van der Waals surface area contributed by atoms with Crippen molar-refractivity contribution in [2.75, 3.05) is 0 Å². The highest BCUT2D eigenvalue weighted by molar-refractivity contribution is 5.74. The fourth-order valence-corrected chi connectivity index (χ4v) is 2.92. The molecule has 3 unspecified atom stereocenters. The maximum absolute atomic E-state index is 12.0. The van der Waals surface area contributed by atoms with Crippen molar-refractivity contribution in [3.05, 3.63) is 35.4 Å². The van der Waals surface area contributed by atoms with Gasteiger partial charge in [0.05, 0.1) is 6.04 Å². The Bertz CT molecular complexity index is 444. The van der Waals surface area contributed by atoms with Gasteiger partial charge in [0.25, 0.3) is 0 Å². The lowest BCUT2D eigenvalue weighted by molar-refractivity contribution is 0.231. The summed E-state index contributed by atoms with van der Waals surface area (Å²) in [4.78, 5) is 12.0. The molecule has 3 heteroatoms. The Kier molecular flexibility index (Phi) is 4.46. The standard InChI is InChI=1S/C16H24N2O/c1-11-7-4-5-9-14(11)13(3)17-16(19)18-15-10-6-8-12(15)2/h4-5,7,9,12-13,15H,6,8,10H2,1-3H3,(H2,17,18,19). The van der Waals surface area contributed by atoms with Crippen molar-refractivity contribution in [1.29, 1.82) is 0 Å². The fraction of sp³-hybridized carbons (Fsp3) is 0.562. The van der Waals surface area contributed by atoms with Crippen molar-refractivity contribution in [2.45, 2.75) is 52.1 Å². The SMILES string of the molecule is Cc1ccccc1C(C)NC(=O)NC1CCCC1C. The molecule has 2 N–H and O–H groups in total. The Morgan fingerprint density at radius 3 is 2.68 bits per heavy atom. The number of hydrogen-bond acceptors (Lipinski definition) is 1. The zero-order chi connectivity index (χ0) is 13.8. The lowest BCUT2D eigenvalue weighted by atomic mass is 10.0. The second kappa shape index (κ2) is 6.09. The first-order valence-corrected chi connectivity index (χ1v) is 7.20. The van der Waals surface area contributed by atoms with Crippen molar-refractivity contribution in [1.82, 2.24) is 10.6 Å². The van der Waals surface area contributed by atoms with Gasteiger partial charge in [0.1, 0.15) is 0 Å². The van der Waals surface area contributed by atoms with Gasteiger partial charge in [-0.3, -0.25) is 0 Å². The van der Waals surface area contributed by atoms with E-state index in [1.54, 1.807) is 0 Å². The van der Waals surface area contributed by atoms with Crippen molar-refractivity contribution in [3.8, 4) is 0 Å². The van der Waals surface area contributed by atoms with E-state index in [1.807, 2.05) is 19.1 Å². The van der Waals surface area contributed by atoms with Crippen LogP contribution in [0, 0.1) is 12.8 Å². The molecule has 1 aliphatic carbocycles. The van der Waals surface area contributed by atoms with Gasteiger partial charge in [0.15, 0.2) is 0 Å². The van der Waals surface area contributed by atoms with Crippen LogP contribution >= 0.6 is 0 Å². The van der Waals surface area contributed by atoms with Crippen LogP contribution in [0.1, 0.15) is 50.3 Å². The van der Waals surface area contributed by atoms with Crippen LogP contribution in [-0.4, -0.2) is 12.1 Å². The molecule has 1 saturated carbocycles. The van der Waals surface area contributed by atoms with Gasteiger partial charge in [-0.05, 0) is 43.7 Å². The summed E-state index contributed by atoms with van der Waals surface area (Å²) in [6, 6.07) is 8.50. The molecule has 0 heterocycles. The lowest BCUT2D eigenvalue weighted by Crippen LogP contribution is -2.44. The average Bonchev–Trinajstić information content (AvgIpc) is 2.75. The molecule has 1 aliphatic rings. The number of carbonyl (C=O) groups is 1. The topological polar surface area (TPSA) is 41.1 Å². The first-order valence-electron chi connectivity index (χ1n) is 7.20. The third-order valence-electron chi connectivity index (χ3n) is 4.18. The molecule has 104 valence electrons. The Morgan fingerprint density at radius 2 is 2.05 bits per heavy atom. The molecule has 0 radical (unpaired) electrons. The average molecular weight is 260 g/mol. The molecule has 19 heavy (non-hydrogen) atoms. The van der Waals surface area contributed by atoms with E-state index in [1.165, 1.54) is 24.0 Å². The van der Waals surface area contributed by atoms with Crippen molar-refractivity contribution < 1.29 is 4.79 Å². The summed E-state index contributed by atoms with van der Waals surface area (Å²) in [6.07, 6.45) is 3.55. The molecule has 0 aromatic heterocycles. The van der Waals surface area contributed by atoms with Crippen molar-refractivity contribution >= 4 is 6.03 Å². The monoisotopic (exact) mass is 260 g/mol. The van der Waals surface area contributed by atoms with Gasteiger partial charge in [0.2, 0.25) is 0 Å². The zero-order valence-corrected chi connectivity index (χ0v) is 12.1. The van der Waals surface area contributed by atoms with E-state index in [2.05, 4.69) is 36.6 Å². The van der Waals surface area contributed by atoms with Gasteiger partial charge in [0, 0.05) is 6.04 Å². The number of hydrogen-bond donors (Lipinski definition) is 2. The summed E-state index contributed by atoms with van der Waals surface area (Å²) in [5.74, 6) is 0.597. The van der Waals surface area contributed by atoms with Crippen LogP contribution < -0.4 is 10.6 Å². The Balaban J connectivity index is 1.90. The molecule has 0 bridgehead atoms. The summed E-state index contributed by atoms with van der Waals surface area (Å²) in [6.45, 7) is 6.31. The predicted octanol–water partition coefficient (Wildman–Crippen LogP) is 3.54. The molecule has 1 aromatic rings. The predicted molar refractivity (Wildman–Crippen MR) is 78.1 cm³/mol. The van der Waals surface area contributed by atoms with E-state index in [9.17, 15) is 4.79 Å². The van der Waals surface area contributed by atoms with Crippen LogP contribution in [0.2, 0.25) is 0 Å². The molecule has 3 nitrogen and oxygen atoms in total. The molecule has 2 amide bonds. The fourth-order valence-electron chi connectivity index (χ4n) is 2.92. The minimum absolute atomic E-state index is 0.0397. The molecule has 0 spiro atoms. The number of carbonyl (C=O) groups excluding carboxylic acids is 1. The summed E-state index contributed by atoms with van der Waals surface area (Å²) in [7, 11) is 0. The number of nitrogens with one attached hydrogen (secondary N) is 2. The molecular formula is C16H24N2O. The third-order valence-corrected chi connectivity index (χ3v) is 4.18. The first kappa shape index (κ1) is 13.9. The van der Waals surface area contributed by atoms with E-state index in [4.69, 9.17) is 0 Å². The normalized spacial score (nSPS) is 23.9. The highest BCUT2D eigenvalue weighted by atomic mass is 16.2. The number of aryl methyl sites for hydroxylation is 1. The van der Waals surface area contributed by atoms with Gasteiger partial charge in [-0.15, -0.1) is 0 Å². The summed E-state index contributed by atoms with van der Waals surface area (Å²) >= 11 is 0. The smallest absolute Gasteiger partial charge is 0.315 e. The molecular weight excluding hydrogens is 236 g/mol. The van der Waals surface area contributed by atoms with Gasteiger partial charge in [-0.2, -0.15) is 0 Å². The first-order chi connectivity index (χ1) is 9.08. The second-order valence-electron chi connectivity index (χ2n) is 5.71. The maximum Gasteiger partial charge on any atom is 0.315 e. The van der Waals surface area contributed by atoms with E-state index in [0.29, 0.717) is 12.0 Å². The Hall–Kier alpha value is -1.51. The van der Waals surface area contributed by atoms with Crippen molar-refractivity contribution in [3.63, 3.8) is 0 Å². The van der Waals surface area contributed by atoms with E-state index < -0.39 is 0 Å². The van der Waals surface area contributed by atoms with Crippen LogP contribution in [0.4, 0.5) is 4.79 Å². The van der Waals surface area contributed by atoms with Gasteiger partial charge >= 0.3 is 6.03 Å². The highest BCUT2D eigenvalue weighted by Crippen LogP contribution is 2.24. The molecule has 3 atom stereocenters. The molecule has 1 fully saturated rings. The largest absolute Gasteiger partial charge is 0.335 e. The summed E-state index contributed by atoms with van der Waals surface area (Å²) in [5.41, 5.74) is 2.39. The van der Waals surface area contributed by atoms with Gasteiger partial charge < -0.3 is 10.6 Å². The van der Waals surface area contributed by atoms with Crippen LogP contribution in [0.5, 0.6) is 0 Å². The number of urea groups is 1. The molecule has 0 aliphatic heterocycles. The number of rotatable bonds is 3. The van der Waals surface area contributed by atoms with E-state index in [0.717, 1.165) is 6.42 Å². The molecule has 2 rings (SSSR count).